The fourth-order valence-electron chi connectivity index (χ4n) is 2.46. The van der Waals surface area contributed by atoms with Crippen LogP contribution in [0.4, 0.5) is 0 Å². The molecule has 1 aliphatic heterocycles. The topological polar surface area (TPSA) is 21.3 Å². The summed E-state index contributed by atoms with van der Waals surface area (Å²) in [6.07, 6.45) is 1.17. The van der Waals surface area contributed by atoms with Crippen molar-refractivity contribution in [2.45, 2.75) is 43.4 Å². The molecule has 100 valence electrons. The molecule has 1 N–H and O–H groups in total. The summed E-state index contributed by atoms with van der Waals surface area (Å²) >= 11 is 1.98. The number of hydrogen-bond acceptors (Lipinski definition) is 3. The SMILES string of the molecule is CCCNC1c2cc(OC)ccc2SC(C)C1C. The van der Waals surface area contributed by atoms with Crippen LogP contribution in [0.15, 0.2) is 23.1 Å². The van der Waals surface area contributed by atoms with Crippen LogP contribution >= 0.6 is 11.8 Å². The van der Waals surface area contributed by atoms with Gasteiger partial charge in [-0.15, -0.1) is 11.8 Å². The molecule has 1 aliphatic rings. The molecule has 3 unspecified atom stereocenters. The largest absolute Gasteiger partial charge is 0.497 e. The highest BCUT2D eigenvalue weighted by molar-refractivity contribution is 8.00. The van der Waals surface area contributed by atoms with E-state index in [1.165, 1.54) is 16.9 Å². The molecule has 1 heterocycles. The molecule has 0 aliphatic carbocycles. The average Bonchev–Trinajstić information content (AvgIpc) is 2.39. The van der Waals surface area contributed by atoms with E-state index in [9.17, 15) is 0 Å². The van der Waals surface area contributed by atoms with Crippen LogP contribution in [-0.4, -0.2) is 18.9 Å². The van der Waals surface area contributed by atoms with Gasteiger partial charge in [0.05, 0.1) is 7.11 Å². The molecule has 0 radical (unpaired) electrons. The molecule has 1 aromatic rings. The fourth-order valence-corrected chi connectivity index (χ4v) is 3.70. The number of benzene rings is 1. The summed E-state index contributed by atoms with van der Waals surface area (Å²) < 4.78 is 5.36. The predicted molar refractivity (Wildman–Crippen MR) is 78.5 cm³/mol. The number of hydrogen-bond donors (Lipinski definition) is 1. The number of rotatable bonds is 4. The van der Waals surface area contributed by atoms with Crippen LogP contribution in [0.1, 0.15) is 38.8 Å². The molecule has 1 aromatic carbocycles. The van der Waals surface area contributed by atoms with Gasteiger partial charge in [-0.1, -0.05) is 20.8 Å². The Bertz CT molecular complexity index is 407. The van der Waals surface area contributed by atoms with Gasteiger partial charge in [0.15, 0.2) is 0 Å². The highest BCUT2D eigenvalue weighted by Gasteiger charge is 2.31. The van der Waals surface area contributed by atoms with E-state index >= 15 is 0 Å². The predicted octanol–water partition coefficient (Wildman–Crippen LogP) is 3.87. The van der Waals surface area contributed by atoms with E-state index in [1.54, 1.807) is 7.11 Å². The van der Waals surface area contributed by atoms with Crippen molar-refractivity contribution < 1.29 is 4.74 Å². The summed E-state index contributed by atoms with van der Waals surface area (Å²) in [7, 11) is 1.73. The van der Waals surface area contributed by atoms with E-state index in [2.05, 4.69) is 44.3 Å². The standard InChI is InChI=1S/C15H23NOS/c1-5-8-16-15-10(2)11(3)18-14-7-6-12(17-4)9-13(14)15/h6-7,9-11,15-16H,5,8H2,1-4H3. The van der Waals surface area contributed by atoms with E-state index in [1.807, 2.05) is 11.8 Å². The third-order valence-electron chi connectivity index (χ3n) is 3.75. The lowest BCUT2D eigenvalue weighted by Crippen LogP contribution is -2.34. The Hall–Kier alpha value is -0.670. The molecular formula is C15H23NOS. The van der Waals surface area contributed by atoms with Gasteiger partial charge in [-0.05, 0) is 42.6 Å². The Labute approximate surface area is 114 Å². The molecular weight excluding hydrogens is 242 g/mol. The minimum atomic E-state index is 0.450. The van der Waals surface area contributed by atoms with Gasteiger partial charge in [0.25, 0.3) is 0 Å². The van der Waals surface area contributed by atoms with Gasteiger partial charge in [-0.2, -0.15) is 0 Å². The summed E-state index contributed by atoms with van der Waals surface area (Å²) in [6.45, 7) is 7.95. The summed E-state index contributed by atoms with van der Waals surface area (Å²) in [5.41, 5.74) is 1.40. The van der Waals surface area contributed by atoms with E-state index in [-0.39, 0.29) is 0 Å². The second kappa shape index (κ2) is 5.98. The average molecular weight is 265 g/mol. The van der Waals surface area contributed by atoms with Crippen molar-refractivity contribution in [1.29, 1.82) is 0 Å². The molecule has 0 saturated carbocycles. The smallest absolute Gasteiger partial charge is 0.119 e. The zero-order chi connectivity index (χ0) is 13.1. The fraction of sp³-hybridized carbons (Fsp3) is 0.600. The molecule has 0 aromatic heterocycles. The van der Waals surface area contributed by atoms with Crippen molar-refractivity contribution >= 4 is 11.8 Å². The quantitative estimate of drug-likeness (QED) is 0.893. The lowest BCUT2D eigenvalue weighted by atomic mass is 9.91. The number of fused-ring (bicyclic) bond motifs is 1. The van der Waals surface area contributed by atoms with Crippen molar-refractivity contribution in [2.24, 2.45) is 5.92 Å². The summed E-state index contributed by atoms with van der Waals surface area (Å²) in [5.74, 6) is 1.60. The van der Waals surface area contributed by atoms with Crippen molar-refractivity contribution in [3.63, 3.8) is 0 Å². The van der Waals surface area contributed by atoms with Crippen LogP contribution in [0, 0.1) is 5.92 Å². The Morgan fingerprint density at radius 1 is 1.33 bits per heavy atom. The summed E-state index contributed by atoms with van der Waals surface area (Å²) in [6, 6.07) is 6.90. The van der Waals surface area contributed by atoms with Crippen LogP contribution < -0.4 is 10.1 Å². The Morgan fingerprint density at radius 3 is 2.78 bits per heavy atom. The van der Waals surface area contributed by atoms with E-state index in [0.29, 0.717) is 17.2 Å². The first-order valence-corrected chi connectivity index (χ1v) is 7.63. The van der Waals surface area contributed by atoms with Gasteiger partial charge in [0.1, 0.15) is 5.75 Å². The number of thioether (sulfide) groups is 1. The lowest BCUT2D eigenvalue weighted by Gasteiger charge is -2.36. The molecule has 18 heavy (non-hydrogen) atoms. The molecule has 3 heteroatoms. The zero-order valence-corrected chi connectivity index (χ0v) is 12.5. The minimum absolute atomic E-state index is 0.450. The zero-order valence-electron chi connectivity index (χ0n) is 11.7. The van der Waals surface area contributed by atoms with Crippen molar-refractivity contribution in [2.75, 3.05) is 13.7 Å². The molecule has 0 bridgehead atoms. The summed E-state index contributed by atoms with van der Waals surface area (Å²) in [5, 5.41) is 4.34. The normalized spacial score (nSPS) is 26.8. The minimum Gasteiger partial charge on any atom is -0.497 e. The highest BCUT2D eigenvalue weighted by atomic mass is 32.2. The monoisotopic (exact) mass is 265 g/mol. The van der Waals surface area contributed by atoms with E-state index < -0.39 is 0 Å². The number of methoxy groups -OCH3 is 1. The maximum Gasteiger partial charge on any atom is 0.119 e. The highest BCUT2D eigenvalue weighted by Crippen LogP contribution is 2.45. The first kappa shape index (κ1) is 13.8. The summed E-state index contributed by atoms with van der Waals surface area (Å²) in [4.78, 5) is 1.40. The van der Waals surface area contributed by atoms with Gasteiger partial charge in [0.2, 0.25) is 0 Å². The Morgan fingerprint density at radius 2 is 2.11 bits per heavy atom. The molecule has 0 spiro atoms. The van der Waals surface area contributed by atoms with Gasteiger partial charge in [-0.3, -0.25) is 0 Å². The second-order valence-corrected chi connectivity index (χ2v) is 6.44. The van der Waals surface area contributed by atoms with Gasteiger partial charge < -0.3 is 10.1 Å². The molecule has 2 nitrogen and oxygen atoms in total. The van der Waals surface area contributed by atoms with Crippen LogP contribution in [0.3, 0.4) is 0 Å². The second-order valence-electron chi connectivity index (χ2n) is 5.02. The van der Waals surface area contributed by atoms with Crippen LogP contribution in [0.2, 0.25) is 0 Å². The van der Waals surface area contributed by atoms with Crippen LogP contribution in [0.25, 0.3) is 0 Å². The van der Waals surface area contributed by atoms with Gasteiger partial charge in [-0.25, -0.2) is 0 Å². The molecule has 0 fully saturated rings. The van der Waals surface area contributed by atoms with Gasteiger partial charge >= 0.3 is 0 Å². The van der Waals surface area contributed by atoms with Crippen molar-refractivity contribution in [1.82, 2.24) is 5.32 Å². The lowest BCUT2D eigenvalue weighted by molar-refractivity contribution is 0.368. The first-order valence-electron chi connectivity index (χ1n) is 6.75. The van der Waals surface area contributed by atoms with Crippen LogP contribution in [0.5, 0.6) is 5.75 Å². The third kappa shape index (κ3) is 2.67. The Kier molecular flexibility index (Phi) is 4.57. The van der Waals surface area contributed by atoms with Crippen LogP contribution in [-0.2, 0) is 0 Å². The Balaban J connectivity index is 2.33. The molecule has 0 saturated heterocycles. The molecule has 0 amide bonds. The maximum atomic E-state index is 5.36. The third-order valence-corrected chi connectivity index (χ3v) is 5.17. The number of ether oxygens (including phenoxy) is 1. The number of nitrogens with one attached hydrogen (secondary N) is 1. The van der Waals surface area contributed by atoms with E-state index in [4.69, 9.17) is 4.74 Å². The molecule has 3 atom stereocenters. The van der Waals surface area contributed by atoms with Crippen molar-refractivity contribution in [3.8, 4) is 5.75 Å². The van der Waals surface area contributed by atoms with Gasteiger partial charge in [0, 0.05) is 16.2 Å². The van der Waals surface area contributed by atoms with Crippen molar-refractivity contribution in [3.05, 3.63) is 23.8 Å². The maximum absolute atomic E-state index is 5.36. The van der Waals surface area contributed by atoms with E-state index in [0.717, 1.165) is 12.3 Å². The first-order chi connectivity index (χ1) is 8.67. The molecule has 2 rings (SSSR count).